The number of methoxy groups -OCH3 is 1. The first-order valence-electron chi connectivity index (χ1n) is 14.3. The van der Waals surface area contributed by atoms with Crippen LogP contribution in [0.15, 0.2) is 72.9 Å². The molecule has 2 atom stereocenters. The number of hydrogen-bond donors (Lipinski definition) is 2. The monoisotopic (exact) mass is 618 g/mol. The predicted molar refractivity (Wildman–Crippen MR) is 178 cm³/mol. The lowest BCUT2D eigenvalue weighted by Crippen LogP contribution is -2.29. The number of sulfonamides is 1. The Morgan fingerprint density at radius 2 is 1.72 bits per heavy atom. The molecule has 3 heterocycles. The van der Waals surface area contributed by atoms with E-state index in [1.165, 1.54) is 12.8 Å². The third-order valence-corrected chi connectivity index (χ3v) is 8.79. The summed E-state index contributed by atoms with van der Waals surface area (Å²) in [7, 11) is -2.04. The van der Waals surface area contributed by atoms with Gasteiger partial charge in [0, 0.05) is 47.7 Å². The lowest BCUT2D eigenvalue weighted by Gasteiger charge is -2.29. The molecule has 0 bridgehead atoms. The van der Waals surface area contributed by atoms with Crippen molar-refractivity contribution >= 4 is 44.4 Å². The first-order valence-corrected chi connectivity index (χ1v) is 16.6. The highest BCUT2D eigenvalue weighted by Crippen LogP contribution is 2.45. The molecule has 9 nitrogen and oxygen atoms in total. The minimum Gasteiger partial charge on any atom is -0.495 e. The van der Waals surface area contributed by atoms with Crippen molar-refractivity contribution in [3.05, 3.63) is 95.6 Å². The molecule has 2 aromatic carbocycles. The number of pyridine rings is 1. The van der Waals surface area contributed by atoms with Crippen molar-refractivity contribution in [1.82, 2.24) is 14.9 Å². The molecule has 1 aliphatic heterocycles. The summed E-state index contributed by atoms with van der Waals surface area (Å²) in [6.07, 6.45) is 2.90. The number of aromatic nitrogens is 2. The molecule has 1 saturated heterocycles. The molecule has 0 saturated carbocycles. The van der Waals surface area contributed by atoms with E-state index in [1.807, 2.05) is 29.2 Å². The average molecular weight is 619 g/mol. The summed E-state index contributed by atoms with van der Waals surface area (Å²) in [5.74, 6) is 0.413. The van der Waals surface area contributed by atoms with Gasteiger partial charge in [0.05, 0.1) is 36.8 Å². The van der Waals surface area contributed by atoms with E-state index in [1.54, 1.807) is 18.3 Å². The number of hydrogen-bond acceptors (Lipinski definition) is 6. The Bertz CT molecular complexity index is 1720. The van der Waals surface area contributed by atoms with Gasteiger partial charge in [-0.3, -0.25) is 9.71 Å². The smallest absolute Gasteiger partial charge is 0.229 e. The minimum atomic E-state index is -3.55. The second kappa shape index (κ2) is 12.3. The molecule has 0 aliphatic carbocycles. The van der Waals surface area contributed by atoms with Gasteiger partial charge in [-0.2, -0.15) is 0 Å². The fraction of sp³-hybridized carbons (Fsp3) is 0.312. The van der Waals surface area contributed by atoms with E-state index in [4.69, 9.17) is 17.0 Å². The van der Waals surface area contributed by atoms with Gasteiger partial charge in [0.2, 0.25) is 10.0 Å². The summed E-state index contributed by atoms with van der Waals surface area (Å²) in [5, 5.41) is 4.02. The first-order chi connectivity index (χ1) is 20.6. The van der Waals surface area contributed by atoms with Gasteiger partial charge in [-0.25, -0.2) is 8.42 Å². The Balaban J connectivity index is 1.64. The van der Waals surface area contributed by atoms with Gasteiger partial charge in [0.15, 0.2) is 5.11 Å². The SMILES string of the molecule is CCN(CC)c1ccc(-n2c(C)cc([C@H]3[C@H](c4ccccn4)NC(=S)N3c3ccc(OC)c(NS(C)(=O)=O)c3)c2C)cc1. The molecule has 226 valence electrons. The summed E-state index contributed by atoms with van der Waals surface area (Å²) in [5.41, 5.74) is 7.45. The molecular formula is C32H38N6O3S2. The Kier molecular flexibility index (Phi) is 8.66. The van der Waals surface area contributed by atoms with Crippen LogP contribution in [0.2, 0.25) is 0 Å². The number of ether oxygens (including phenoxy) is 1. The van der Waals surface area contributed by atoms with Crippen molar-refractivity contribution < 1.29 is 13.2 Å². The molecule has 11 heteroatoms. The van der Waals surface area contributed by atoms with Crippen LogP contribution in [0, 0.1) is 13.8 Å². The summed E-state index contributed by atoms with van der Waals surface area (Å²) in [4.78, 5) is 9.04. The minimum absolute atomic E-state index is 0.249. The Hall–Kier alpha value is -4.09. The maximum Gasteiger partial charge on any atom is 0.229 e. The van der Waals surface area contributed by atoms with Crippen LogP contribution in [0.1, 0.15) is 48.6 Å². The molecule has 43 heavy (non-hydrogen) atoms. The van der Waals surface area contributed by atoms with Crippen LogP contribution in [0.4, 0.5) is 17.1 Å². The molecule has 5 rings (SSSR count). The van der Waals surface area contributed by atoms with E-state index in [0.717, 1.165) is 53.4 Å². The van der Waals surface area contributed by atoms with Crippen molar-refractivity contribution in [2.45, 2.75) is 39.8 Å². The number of anilines is 3. The van der Waals surface area contributed by atoms with E-state index in [9.17, 15) is 8.42 Å². The third-order valence-electron chi connectivity index (χ3n) is 7.88. The third kappa shape index (κ3) is 6.05. The van der Waals surface area contributed by atoms with Gasteiger partial charge in [-0.05, 0) is 106 Å². The van der Waals surface area contributed by atoms with Crippen molar-refractivity contribution in [3.63, 3.8) is 0 Å². The van der Waals surface area contributed by atoms with Gasteiger partial charge < -0.3 is 24.4 Å². The second-order valence-corrected chi connectivity index (χ2v) is 12.7. The number of rotatable bonds is 10. The number of benzene rings is 2. The van der Waals surface area contributed by atoms with Crippen molar-refractivity contribution in [1.29, 1.82) is 0 Å². The quantitative estimate of drug-likeness (QED) is 0.213. The summed E-state index contributed by atoms with van der Waals surface area (Å²) in [6.45, 7) is 10.5. The molecular weight excluding hydrogens is 581 g/mol. The largest absolute Gasteiger partial charge is 0.495 e. The second-order valence-electron chi connectivity index (χ2n) is 10.6. The highest BCUT2D eigenvalue weighted by molar-refractivity contribution is 7.92. The van der Waals surface area contributed by atoms with Crippen LogP contribution in [0.25, 0.3) is 5.69 Å². The van der Waals surface area contributed by atoms with Crippen LogP contribution < -0.4 is 24.6 Å². The highest BCUT2D eigenvalue weighted by Gasteiger charge is 2.42. The van der Waals surface area contributed by atoms with Gasteiger partial charge in [-0.1, -0.05) is 6.07 Å². The molecule has 2 aromatic heterocycles. The van der Waals surface area contributed by atoms with Crippen LogP contribution in [0.3, 0.4) is 0 Å². The van der Waals surface area contributed by atoms with Crippen LogP contribution in [-0.2, 0) is 10.0 Å². The standard InChI is InChI=1S/C32H38N6O3S2/c1-7-36(8-2)23-12-14-24(15-13-23)37-21(3)19-26(22(37)4)31-30(27-11-9-10-18-33-27)34-32(42)38(31)25-16-17-29(41-5)28(20-25)35-43(6,39)40/h9-20,30-31,35H,7-8H2,1-6H3,(H,34,42)/t30-,31-/m0/s1. The van der Waals surface area contributed by atoms with Crippen molar-refractivity contribution in [2.75, 3.05) is 41.0 Å². The lowest BCUT2D eigenvalue weighted by molar-refractivity contribution is 0.417. The predicted octanol–water partition coefficient (Wildman–Crippen LogP) is 5.89. The number of aryl methyl sites for hydroxylation is 1. The zero-order valence-electron chi connectivity index (χ0n) is 25.3. The van der Waals surface area contributed by atoms with E-state index >= 15 is 0 Å². The van der Waals surface area contributed by atoms with Crippen LogP contribution >= 0.6 is 12.2 Å². The van der Waals surface area contributed by atoms with Gasteiger partial charge >= 0.3 is 0 Å². The summed E-state index contributed by atoms with van der Waals surface area (Å²) < 4.78 is 34.6. The van der Waals surface area contributed by atoms with Crippen LogP contribution in [0.5, 0.6) is 5.75 Å². The summed E-state index contributed by atoms with van der Waals surface area (Å²) >= 11 is 5.93. The van der Waals surface area contributed by atoms with Gasteiger partial charge in [-0.15, -0.1) is 0 Å². The number of nitrogens with zero attached hydrogens (tertiary/aromatic N) is 4. The van der Waals surface area contributed by atoms with Crippen molar-refractivity contribution in [2.24, 2.45) is 0 Å². The fourth-order valence-electron chi connectivity index (χ4n) is 5.96. The molecule has 0 spiro atoms. The Morgan fingerprint density at radius 3 is 2.33 bits per heavy atom. The topological polar surface area (TPSA) is 91.7 Å². The maximum absolute atomic E-state index is 12.2. The first kappa shape index (κ1) is 30.4. The number of nitrogens with one attached hydrogen (secondary N) is 2. The molecule has 4 aromatic rings. The van der Waals surface area contributed by atoms with E-state index in [0.29, 0.717) is 16.5 Å². The zero-order chi connectivity index (χ0) is 30.9. The summed E-state index contributed by atoms with van der Waals surface area (Å²) in [6, 6.07) is 21.6. The number of thiocarbonyl (C=S) groups is 1. The average Bonchev–Trinajstić information content (AvgIpc) is 3.48. The molecule has 0 radical (unpaired) electrons. The Morgan fingerprint density at radius 1 is 1.02 bits per heavy atom. The van der Waals surface area contributed by atoms with Crippen LogP contribution in [-0.4, -0.2) is 49.5 Å². The molecule has 2 N–H and O–H groups in total. The Labute approximate surface area is 259 Å². The maximum atomic E-state index is 12.2. The fourth-order valence-corrected chi connectivity index (χ4v) is 6.86. The van der Waals surface area contributed by atoms with E-state index < -0.39 is 10.0 Å². The van der Waals surface area contributed by atoms with E-state index in [-0.39, 0.29) is 12.1 Å². The van der Waals surface area contributed by atoms with Crippen molar-refractivity contribution in [3.8, 4) is 11.4 Å². The normalized spacial score (nSPS) is 16.7. The van der Waals surface area contributed by atoms with Gasteiger partial charge in [0.1, 0.15) is 5.75 Å². The lowest BCUT2D eigenvalue weighted by atomic mass is 9.96. The highest BCUT2D eigenvalue weighted by atomic mass is 32.2. The molecule has 1 aliphatic rings. The zero-order valence-corrected chi connectivity index (χ0v) is 27.0. The molecule has 1 fully saturated rings. The molecule has 0 amide bonds. The molecule has 0 unspecified atom stereocenters. The van der Waals surface area contributed by atoms with Gasteiger partial charge in [0.25, 0.3) is 0 Å². The van der Waals surface area contributed by atoms with E-state index in [2.05, 4.69) is 82.5 Å².